The number of nitrogens with one attached hydrogen (secondary N) is 2. The third-order valence-electron chi connectivity index (χ3n) is 3.38. The lowest BCUT2D eigenvalue weighted by molar-refractivity contribution is 0.483. The van der Waals surface area contributed by atoms with Gasteiger partial charge in [-0.1, -0.05) is 23.7 Å². The molecule has 1 aliphatic heterocycles. The molecule has 108 valence electrons. The third kappa shape index (κ3) is 2.71. The van der Waals surface area contributed by atoms with E-state index in [9.17, 15) is 0 Å². The maximum Gasteiger partial charge on any atom is 0.129 e. The molecule has 4 rings (SSSR count). The lowest BCUT2D eigenvalue weighted by Gasteiger charge is -2.15. The van der Waals surface area contributed by atoms with Crippen LogP contribution in [0, 0.1) is 0 Å². The largest absolute Gasteiger partial charge is 0.457 e. The topological polar surface area (TPSA) is 33.3 Å². The van der Waals surface area contributed by atoms with Crippen LogP contribution in [0.3, 0.4) is 0 Å². The molecule has 0 radical (unpaired) electrons. The second-order valence-electron chi connectivity index (χ2n) is 5.14. The highest BCUT2D eigenvalue weighted by Gasteiger charge is 2.06. The fourth-order valence-electron chi connectivity index (χ4n) is 2.48. The first-order valence-corrected chi connectivity index (χ1v) is 7.35. The molecule has 0 aromatic heterocycles. The Balaban J connectivity index is 1.89. The zero-order valence-corrected chi connectivity index (χ0v) is 12.4. The molecule has 6 bridgehead atoms. The molecule has 0 unspecified atom stereocenters. The molecule has 0 fully saturated rings. The molecule has 4 heteroatoms. The van der Waals surface area contributed by atoms with Crippen molar-refractivity contribution in [1.29, 1.82) is 0 Å². The maximum atomic E-state index is 6.22. The van der Waals surface area contributed by atoms with Crippen molar-refractivity contribution in [3.05, 3.63) is 71.8 Å². The van der Waals surface area contributed by atoms with Gasteiger partial charge in [0.2, 0.25) is 0 Å². The minimum Gasteiger partial charge on any atom is -0.457 e. The highest BCUT2D eigenvalue weighted by molar-refractivity contribution is 6.31. The summed E-state index contributed by atoms with van der Waals surface area (Å²) in [6.45, 7) is 0. The van der Waals surface area contributed by atoms with Crippen molar-refractivity contribution in [2.75, 3.05) is 10.6 Å². The minimum atomic E-state index is 0.674. The molecule has 0 amide bonds. The Morgan fingerprint density at radius 2 is 1.18 bits per heavy atom. The van der Waals surface area contributed by atoms with Crippen molar-refractivity contribution in [2.45, 2.75) is 0 Å². The SMILES string of the molecule is Clc1cc2cc(c1)Nc1cccc(c1)Oc1cccc(c1)N2. The van der Waals surface area contributed by atoms with Crippen LogP contribution >= 0.6 is 11.6 Å². The summed E-state index contributed by atoms with van der Waals surface area (Å²) in [5.74, 6) is 1.56. The van der Waals surface area contributed by atoms with E-state index in [2.05, 4.69) is 10.6 Å². The fourth-order valence-corrected chi connectivity index (χ4v) is 2.71. The van der Waals surface area contributed by atoms with E-state index in [0.717, 1.165) is 34.2 Å². The van der Waals surface area contributed by atoms with E-state index in [-0.39, 0.29) is 0 Å². The lowest BCUT2D eigenvalue weighted by Crippen LogP contribution is -1.96. The van der Waals surface area contributed by atoms with E-state index in [1.807, 2.05) is 66.7 Å². The maximum absolute atomic E-state index is 6.22. The average molecular weight is 309 g/mol. The van der Waals surface area contributed by atoms with Crippen molar-refractivity contribution >= 4 is 34.4 Å². The Kier molecular flexibility index (Phi) is 3.13. The van der Waals surface area contributed by atoms with Gasteiger partial charge >= 0.3 is 0 Å². The summed E-state index contributed by atoms with van der Waals surface area (Å²) >= 11 is 6.22. The second kappa shape index (κ2) is 5.28. The van der Waals surface area contributed by atoms with Crippen molar-refractivity contribution in [1.82, 2.24) is 0 Å². The number of benzene rings is 3. The molecule has 3 aromatic carbocycles. The van der Waals surface area contributed by atoms with Gasteiger partial charge in [-0.3, -0.25) is 0 Å². The fraction of sp³-hybridized carbons (Fsp3) is 0. The highest BCUT2D eigenvalue weighted by atomic mass is 35.5. The van der Waals surface area contributed by atoms with E-state index in [1.54, 1.807) is 0 Å². The minimum absolute atomic E-state index is 0.674. The van der Waals surface area contributed by atoms with Gasteiger partial charge in [-0.15, -0.1) is 0 Å². The van der Waals surface area contributed by atoms with Crippen molar-refractivity contribution < 1.29 is 4.74 Å². The molecule has 1 heterocycles. The summed E-state index contributed by atoms with van der Waals surface area (Å²) in [5, 5.41) is 7.37. The summed E-state index contributed by atoms with van der Waals surface area (Å²) in [5.41, 5.74) is 3.73. The number of fused-ring (bicyclic) bond motifs is 6. The molecule has 3 nitrogen and oxygen atoms in total. The standard InChI is InChI=1S/C18H13ClN2O/c19-12-7-15-9-16(8-12)21-14-4-2-6-18(11-14)22-17-5-1-3-13(10-17)20-15/h1-11,20-21H. The normalized spacial score (nSPS) is 12.0. The van der Waals surface area contributed by atoms with E-state index in [1.165, 1.54) is 0 Å². The van der Waals surface area contributed by atoms with Gasteiger partial charge in [0.05, 0.1) is 0 Å². The number of ether oxygens (including phenoxy) is 1. The summed E-state index contributed by atoms with van der Waals surface area (Å²) in [6, 6.07) is 21.5. The Morgan fingerprint density at radius 3 is 1.73 bits per heavy atom. The molecule has 0 saturated heterocycles. The summed E-state index contributed by atoms with van der Waals surface area (Å²) in [7, 11) is 0. The molecule has 2 N–H and O–H groups in total. The summed E-state index contributed by atoms with van der Waals surface area (Å²) in [4.78, 5) is 0. The Hall–Kier alpha value is -2.65. The molecule has 0 spiro atoms. The lowest BCUT2D eigenvalue weighted by atomic mass is 10.2. The number of rotatable bonds is 0. The van der Waals surface area contributed by atoms with Crippen LogP contribution in [0.4, 0.5) is 22.7 Å². The number of anilines is 4. The number of hydrogen-bond donors (Lipinski definition) is 2. The van der Waals surface area contributed by atoms with Gasteiger partial charge in [0, 0.05) is 39.9 Å². The van der Waals surface area contributed by atoms with Crippen LogP contribution in [-0.4, -0.2) is 0 Å². The molecule has 22 heavy (non-hydrogen) atoms. The Bertz CT molecular complexity index is 782. The first-order valence-electron chi connectivity index (χ1n) is 6.97. The smallest absolute Gasteiger partial charge is 0.129 e. The zero-order chi connectivity index (χ0) is 14.9. The van der Waals surface area contributed by atoms with Crippen LogP contribution in [0.2, 0.25) is 5.02 Å². The summed E-state index contributed by atoms with van der Waals surface area (Å²) in [6.07, 6.45) is 0. The first-order chi connectivity index (χ1) is 10.7. The molecule has 0 aliphatic carbocycles. The van der Waals surface area contributed by atoms with E-state index >= 15 is 0 Å². The Labute approximate surface area is 133 Å². The predicted octanol–water partition coefficient (Wildman–Crippen LogP) is 5.93. The summed E-state index contributed by atoms with van der Waals surface area (Å²) < 4.78 is 5.91. The highest BCUT2D eigenvalue weighted by Crippen LogP contribution is 2.32. The van der Waals surface area contributed by atoms with Gasteiger partial charge in [-0.25, -0.2) is 0 Å². The van der Waals surface area contributed by atoms with Gasteiger partial charge in [0.1, 0.15) is 11.5 Å². The van der Waals surface area contributed by atoms with Gasteiger partial charge in [-0.05, 0) is 42.5 Å². The average Bonchev–Trinajstić information content (AvgIpc) is 2.46. The van der Waals surface area contributed by atoms with Crippen LogP contribution in [0.15, 0.2) is 66.7 Å². The van der Waals surface area contributed by atoms with Gasteiger partial charge in [0.15, 0.2) is 0 Å². The van der Waals surface area contributed by atoms with E-state index in [4.69, 9.17) is 16.3 Å². The zero-order valence-electron chi connectivity index (χ0n) is 11.6. The monoisotopic (exact) mass is 308 g/mol. The molecule has 0 saturated carbocycles. The van der Waals surface area contributed by atoms with E-state index < -0.39 is 0 Å². The van der Waals surface area contributed by atoms with Crippen molar-refractivity contribution in [3.63, 3.8) is 0 Å². The first kappa shape index (κ1) is 13.0. The molecule has 3 aromatic rings. The molecule has 1 aliphatic rings. The van der Waals surface area contributed by atoms with Gasteiger partial charge < -0.3 is 15.4 Å². The molecular formula is C18H13ClN2O. The number of hydrogen-bond acceptors (Lipinski definition) is 3. The molecule has 0 atom stereocenters. The van der Waals surface area contributed by atoms with Crippen LogP contribution < -0.4 is 15.4 Å². The van der Waals surface area contributed by atoms with Crippen molar-refractivity contribution in [3.8, 4) is 11.5 Å². The quantitative estimate of drug-likeness (QED) is 0.422. The molecular weight excluding hydrogens is 296 g/mol. The Morgan fingerprint density at radius 1 is 0.636 bits per heavy atom. The second-order valence-corrected chi connectivity index (χ2v) is 5.57. The van der Waals surface area contributed by atoms with Gasteiger partial charge in [-0.2, -0.15) is 0 Å². The van der Waals surface area contributed by atoms with Gasteiger partial charge in [0.25, 0.3) is 0 Å². The third-order valence-corrected chi connectivity index (χ3v) is 3.60. The van der Waals surface area contributed by atoms with Crippen molar-refractivity contribution in [2.24, 2.45) is 0 Å². The van der Waals surface area contributed by atoms with Crippen LogP contribution in [0.1, 0.15) is 0 Å². The van der Waals surface area contributed by atoms with Crippen LogP contribution in [-0.2, 0) is 0 Å². The number of halogens is 1. The van der Waals surface area contributed by atoms with Crippen LogP contribution in [0.5, 0.6) is 11.5 Å². The van der Waals surface area contributed by atoms with E-state index in [0.29, 0.717) is 5.02 Å². The van der Waals surface area contributed by atoms with Crippen LogP contribution in [0.25, 0.3) is 0 Å². The predicted molar refractivity (Wildman–Crippen MR) is 91.0 cm³/mol.